The van der Waals surface area contributed by atoms with Crippen LogP contribution >= 0.6 is 0 Å². The Balaban J connectivity index is 0.00000218. The number of hydrogen-bond donors (Lipinski definition) is 2. The predicted molar refractivity (Wildman–Crippen MR) is 102 cm³/mol. The van der Waals surface area contributed by atoms with Crippen LogP contribution in [0, 0.1) is 20.2 Å². The Kier molecular flexibility index (Phi) is 7.61. The largest absolute Gasteiger partial charge is 0.307 e. The van der Waals surface area contributed by atoms with Gasteiger partial charge in [-0.25, -0.2) is 0 Å². The number of benzene rings is 2. The summed E-state index contributed by atoms with van der Waals surface area (Å²) in [4.78, 5) is 26.2. The minimum atomic E-state index is -4.86. The molecule has 0 heterocycles. The van der Waals surface area contributed by atoms with Crippen LogP contribution < -0.4 is 0 Å². The molecule has 0 saturated heterocycles. The zero-order chi connectivity index (χ0) is 23.3. The van der Waals surface area contributed by atoms with E-state index in [4.69, 9.17) is 4.79 Å². The zero-order valence-electron chi connectivity index (χ0n) is 14.6. The Morgan fingerprint density at radius 2 is 1.03 bits per heavy atom. The van der Waals surface area contributed by atoms with Crippen molar-refractivity contribution in [1.82, 2.24) is 0 Å². The minimum Gasteiger partial charge on any atom is -0.307 e. The van der Waals surface area contributed by atoms with E-state index in [9.17, 15) is 46.2 Å². The van der Waals surface area contributed by atoms with Gasteiger partial charge in [0.25, 0.3) is 31.6 Å². The fourth-order valence-corrected chi connectivity index (χ4v) is 3.58. The van der Waals surface area contributed by atoms with Gasteiger partial charge in [-0.05, 0) is 23.3 Å². The third-order valence-corrected chi connectivity index (χ3v) is 5.23. The molecule has 160 valence electrons. The second kappa shape index (κ2) is 9.31. The van der Waals surface area contributed by atoms with Gasteiger partial charge in [0.2, 0.25) is 0 Å². The topological polar surface area (TPSA) is 212 Å². The molecule has 0 aliphatic carbocycles. The summed E-state index contributed by atoms with van der Waals surface area (Å²) in [5, 5.41) is 21.5. The van der Waals surface area contributed by atoms with E-state index in [1.165, 1.54) is 0 Å². The molecule has 0 atom stereocenters. The van der Waals surface area contributed by atoms with Crippen LogP contribution in [0.1, 0.15) is 11.1 Å². The predicted octanol–water partition coefficient (Wildman–Crippen LogP) is 1.98. The van der Waals surface area contributed by atoms with Gasteiger partial charge in [0.1, 0.15) is 16.6 Å². The van der Waals surface area contributed by atoms with Crippen molar-refractivity contribution in [3.8, 4) is 0 Å². The van der Waals surface area contributed by atoms with Crippen LogP contribution in [0.4, 0.5) is 11.4 Å². The van der Waals surface area contributed by atoms with Crippen LogP contribution in [0.3, 0.4) is 0 Å². The summed E-state index contributed by atoms with van der Waals surface area (Å²) in [6, 6.07) is 5.11. The average molecular weight is 460 g/mol. The van der Waals surface area contributed by atoms with Gasteiger partial charge in [0.05, 0.1) is 9.85 Å². The number of carbonyl (C=O) groups is 1. The highest BCUT2D eigenvalue weighted by atomic mass is 32.2. The number of nitro groups is 2. The van der Waals surface area contributed by atoms with Crippen molar-refractivity contribution in [2.24, 2.45) is 0 Å². The van der Waals surface area contributed by atoms with E-state index in [0.29, 0.717) is 12.1 Å². The van der Waals surface area contributed by atoms with Crippen molar-refractivity contribution in [2.45, 2.75) is 9.79 Å². The standard InChI is InChI=1S/C14H10N2O10S2.CH2O/c17-15(18)11-5-3-9(13(7-11)27(21,22)23)1-2-10-4-6-12(16(19)20)8-14(10)28(24,25)26;1-2/h1-8H,(H,21,22,23)(H,24,25,26);1H2/b2-1+;. The number of carbonyl (C=O) groups excluding carboxylic acids is 1. The van der Waals surface area contributed by atoms with Gasteiger partial charge >= 0.3 is 0 Å². The van der Waals surface area contributed by atoms with E-state index in [-0.39, 0.29) is 11.1 Å². The lowest BCUT2D eigenvalue weighted by Crippen LogP contribution is -2.03. The molecule has 0 unspecified atom stereocenters. The van der Waals surface area contributed by atoms with Crippen LogP contribution in [-0.4, -0.2) is 42.6 Å². The van der Waals surface area contributed by atoms with Crippen LogP contribution in [0.25, 0.3) is 12.2 Å². The highest BCUT2D eigenvalue weighted by molar-refractivity contribution is 7.86. The molecular weight excluding hydrogens is 448 g/mol. The number of nitro benzene ring substituents is 2. The maximum atomic E-state index is 11.5. The summed E-state index contributed by atoms with van der Waals surface area (Å²) in [5.41, 5.74) is -1.68. The molecule has 0 aromatic heterocycles. The molecule has 0 saturated carbocycles. The number of non-ortho nitro benzene ring substituents is 2. The van der Waals surface area contributed by atoms with E-state index in [2.05, 4.69) is 0 Å². The van der Waals surface area contributed by atoms with E-state index < -0.39 is 51.2 Å². The van der Waals surface area contributed by atoms with Crippen LogP contribution in [0.2, 0.25) is 0 Å². The molecular formula is C15H12N2O11S2. The molecule has 30 heavy (non-hydrogen) atoms. The second-order valence-electron chi connectivity index (χ2n) is 5.24. The molecule has 0 fully saturated rings. The average Bonchev–Trinajstić information content (AvgIpc) is 2.66. The first-order valence-electron chi connectivity index (χ1n) is 7.29. The molecule has 2 aromatic rings. The third-order valence-electron chi connectivity index (χ3n) is 3.41. The lowest BCUT2D eigenvalue weighted by Gasteiger charge is -2.05. The summed E-state index contributed by atoms with van der Waals surface area (Å²) in [7, 11) is -9.73. The monoisotopic (exact) mass is 460 g/mol. The molecule has 2 N–H and O–H groups in total. The van der Waals surface area contributed by atoms with E-state index in [0.717, 1.165) is 36.4 Å². The van der Waals surface area contributed by atoms with Crippen LogP contribution in [-0.2, 0) is 25.0 Å². The van der Waals surface area contributed by atoms with Gasteiger partial charge in [-0.15, -0.1) is 0 Å². The van der Waals surface area contributed by atoms with Gasteiger partial charge in [-0.1, -0.05) is 12.2 Å². The van der Waals surface area contributed by atoms with Gasteiger partial charge in [-0.3, -0.25) is 29.3 Å². The van der Waals surface area contributed by atoms with Crippen molar-refractivity contribution in [1.29, 1.82) is 0 Å². The summed E-state index contributed by atoms with van der Waals surface area (Å²) in [6.45, 7) is 2.00. The first-order valence-corrected chi connectivity index (χ1v) is 10.2. The number of rotatable bonds is 6. The maximum Gasteiger partial charge on any atom is 0.295 e. The first-order chi connectivity index (χ1) is 13.8. The van der Waals surface area contributed by atoms with Crippen LogP contribution in [0.5, 0.6) is 0 Å². The Hall–Kier alpha value is -3.53. The quantitative estimate of drug-likeness (QED) is 0.275. The molecule has 0 spiro atoms. The molecule has 2 rings (SSSR count). The molecule has 0 aliphatic heterocycles. The summed E-state index contributed by atoms with van der Waals surface area (Å²) in [5.74, 6) is 0. The maximum absolute atomic E-state index is 11.5. The lowest BCUT2D eigenvalue weighted by atomic mass is 10.1. The third kappa shape index (κ3) is 5.98. The highest BCUT2D eigenvalue weighted by Crippen LogP contribution is 2.27. The molecule has 0 radical (unpaired) electrons. The van der Waals surface area contributed by atoms with E-state index in [1.807, 2.05) is 6.79 Å². The first kappa shape index (κ1) is 24.5. The second-order valence-corrected chi connectivity index (χ2v) is 8.02. The summed E-state index contributed by atoms with van der Waals surface area (Å²) < 4.78 is 64.4. The van der Waals surface area contributed by atoms with Gasteiger partial charge in [0.15, 0.2) is 0 Å². The van der Waals surface area contributed by atoms with Crippen LogP contribution in [0.15, 0.2) is 46.2 Å². The molecule has 2 aromatic carbocycles. The number of nitrogens with zero attached hydrogens (tertiary/aromatic N) is 2. The molecule has 0 amide bonds. The summed E-state index contributed by atoms with van der Waals surface area (Å²) >= 11 is 0. The van der Waals surface area contributed by atoms with Gasteiger partial charge in [-0.2, -0.15) is 16.8 Å². The molecule has 15 heteroatoms. The van der Waals surface area contributed by atoms with E-state index >= 15 is 0 Å². The van der Waals surface area contributed by atoms with Gasteiger partial charge < -0.3 is 4.79 Å². The Bertz CT molecular complexity index is 1140. The van der Waals surface area contributed by atoms with Gasteiger partial charge in [0, 0.05) is 24.3 Å². The van der Waals surface area contributed by atoms with Crippen molar-refractivity contribution in [3.05, 3.63) is 67.8 Å². The SMILES string of the molecule is C=O.O=[N+]([O-])c1ccc(/C=C/c2ccc([N+](=O)[O-])cc2S(=O)(=O)O)c(S(=O)(=O)O)c1. The fourth-order valence-electron chi connectivity index (χ4n) is 2.17. The highest BCUT2D eigenvalue weighted by Gasteiger charge is 2.21. The Morgan fingerprint density at radius 1 is 0.733 bits per heavy atom. The Morgan fingerprint density at radius 3 is 1.27 bits per heavy atom. The summed E-state index contributed by atoms with van der Waals surface area (Å²) in [6.07, 6.45) is 2.01. The molecule has 13 nitrogen and oxygen atoms in total. The van der Waals surface area contributed by atoms with Crippen molar-refractivity contribution in [3.63, 3.8) is 0 Å². The minimum absolute atomic E-state index is 0.229. The Labute approximate surface area is 169 Å². The smallest absolute Gasteiger partial charge is 0.295 e. The van der Waals surface area contributed by atoms with Crippen molar-refractivity contribution >= 4 is 50.6 Å². The zero-order valence-corrected chi connectivity index (χ0v) is 16.2. The van der Waals surface area contributed by atoms with Crippen molar-refractivity contribution < 1.29 is 40.6 Å². The van der Waals surface area contributed by atoms with Crippen molar-refractivity contribution in [2.75, 3.05) is 0 Å². The van der Waals surface area contributed by atoms with E-state index in [1.54, 1.807) is 0 Å². The number of hydrogen-bond acceptors (Lipinski definition) is 9. The molecule has 0 aliphatic rings. The fraction of sp³-hybridized carbons (Fsp3) is 0. The normalized spacial score (nSPS) is 11.5. The lowest BCUT2D eigenvalue weighted by molar-refractivity contribution is -0.385. The molecule has 0 bridgehead atoms.